The van der Waals surface area contributed by atoms with Crippen LogP contribution in [0.25, 0.3) is 0 Å². The van der Waals surface area contributed by atoms with Gasteiger partial charge in [0.1, 0.15) is 22.8 Å². The molecule has 0 spiro atoms. The molecule has 3 rings (SSSR count). The predicted octanol–water partition coefficient (Wildman–Crippen LogP) is -3.50. The normalized spacial score (nSPS) is 20.9. The van der Waals surface area contributed by atoms with E-state index in [1.807, 2.05) is 0 Å². The second kappa shape index (κ2) is 9.83. The van der Waals surface area contributed by atoms with Gasteiger partial charge in [-0.15, -0.1) is 23.1 Å². The number of nitrogens with one attached hydrogen (secondary N) is 1. The third-order valence-electron chi connectivity index (χ3n) is 4.01. The standard InChI is InChI=1S/C14H14N5O8PS2.Na.H/c1-2-5-3-29-12-8(11(21)19(12)9(5)13(22)27-28(24,25)26)17-10(20)7(18-23)6-4-30-14(15)16-6;;/h2,4,8,12,23H,1,3H2,(H2,15,16)(H,17,20)(H2,24,25,26);;/q;+1;-1/b18-7-;;/t8-,12-;;/m1../s1. The zero-order chi connectivity index (χ0) is 22.2. The molecule has 17 heteroatoms. The van der Waals surface area contributed by atoms with E-state index in [0.717, 1.165) is 16.2 Å². The summed E-state index contributed by atoms with van der Waals surface area (Å²) < 4.78 is 15.1. The van der Waals surface area contributed by atoms with E-state index in [2.05, 4.69) is 26.6 Å². The fraction of sp³-hybridized carbons (Fsp3) is 0.214. The van der Waals surface area contributed by atoms with Crippen molar-refractivity contribution in [2.75, 3.05) is 11.5 Å². The molecule has 31 heavy (non-hydrogen) atoms. The molecule has 162 valence electrons. The second-order valence-electron chi connectivity index (χ2n) is 5.83. The molecule has 2 aliphatic heterocycles. The van der Waals surface area contributed by atoms with Gasteiger partial charge in [0.2, 0.25) is 0 Å². The number of nitrogen functional groups attached to an aromatic ring is 1. The number of hydrogen-bond acceptors (Lipinski definition) is 11. The zero-order valence-electron chi connectivity index (χ0n) is 16.8. The number of phosphoric ester groups is 1. The van der Waals surface area contributed by atoms with Crippen molar-refractivity contribution in [3.8, 4) is 0 Å². The monoisotopic (exact) mass is 499 g/mol. The van der Waals surface area contributed by atoms with Crippen molar-refractivity contribution in [3.05, 3.63) is 35.0 Å². The molecule has 0 saturated carbocycles. The van der Waals surface area contributed by atoms with Crippen LogP contribution in [0.1, 0.15) is 7.12 Å². The minimum atomic E-state index is -5.15. The number of hydrogen-bond donors (Lipinski definition) is 5. The summed E-state index contributed by atoms with van der Waals surface area (Å²) in [6.07, 6.45) is 1.27. The molecule has 1 saturated heterocycles. The molecule has 2 aliphatic rings. The summed E-state index contributed by atoms with van der Waals surface area (Å²) in [6.45, 7) is 3.52. The van der Waals surface area contributed by atoms with Crippen LogP contribution in [0.4, 0.5) is 5.13 Å². The van der Waals surface area contributed by atoms with E-state index in [4.69, 9.17) is 20.7 Å². The molecule has 13 nitrogen and oxygen atoms in total. The molecule has 2 atom stereocenters. The Hall–Kier alpha value is -1.71. The number of aromatic nitrogens is 1. The van der Waals surface area contributed by atoms with Gasteiger partial charge in [0.25, 0.3) is 11.8 Å². The van der Waals surface area contributed by atoms with E-state index in [-0.39, 0.29) is 58.8 Å². The van der Waals surface area contributed by atoms with Crippen LogP contribution in [0.15, 0.2) is 34.5 Å². The van der Waals surface area contributed by atoms with Gasteiger partial charge >= 0.3 is 43.3 Å². The molecule has 1 fully saturated rings. The Labute approximate surface area is 206 Å². The molecule has 0 radical (unpaired) electrons. The number of fused-ring (bicyclic) bond motifs is 1. The fourth-order valence-electron chi connectivity index (χ4n) is 2.76. The SMILES string of the molecule is C=CC1=C(C(=O)OP(=O)(O)O)N2C(=O)[C@@H](NC(=O)/C(=N\O)c3csc(N)n3)[C@H]2SC1.[H-].[Na+]. The minimum absolute atomic E-state index is 0. The van der Waals surface area contributed by atoms with Crippen LogP contribution < -0.4 is 40.6 Å². The van der Waals surface area contributed by atoms with Crippen LogP contribution in [-0.2, 0) is 23.5 Å². The van der Waals surface area contributed by atoms with Crippen molar-refractivity contribution in [2.24, 2.45) is 5.16 Å². The first-order chi connectivity index (χ1) is 14.1. The Morgan fingerprint density at radius 1 is 1.52 bits per heavy atom. The van der Waals surface area contributed by atoms with Crippen LogP contribution in [0.3, 0.4) is 0 Å². The number of β-lactam (4-membered cyclic amide) rings is 1. The summed E-state index contributed by atoms with van der Waals surface area (Å²) in [5, 5.41) is 15.2. The van der Waals surface area contributed by atoms with Gasteiger partial charge in [-0.05, 0) is 5.57 Å². The van der Waals surface area contributed by atoms with Crippen LogP contribution in [0, 0.1) is 0 Å². The molecular formula is C14H15N5NaO8PS2. The summed E-state index contributed by atoms with van der Waals surface area (Å²) >= 11 is 2.20. The van der Waals surface area contributed by atoms with Crippen molar-refractivity contribution in [1.29, 1.82) is 0 Å². The minimum Gasteiger partial charge on any atom is -1.00 e. The van der Waals surface area contributed by atoms with Gasteiger partial charge in [0.05, 0.1) is 0 Å². The topological polar surface area (TPSA) is 205 Å². The number of carbonyl (C=O) groups is 3. The van der Waals surface area contributed by atoms with Crippen molar-refractivity contribution < 1.29 is 69.5 Å². The molecule has 0 unspecified atom stereocenters. The first-order valence-corrected chi connectivity index (χ1v) is 11.4. The van der Waals surface area contributed by atoms with Crippen molar-refractivity contribution in [1.82, 2.24) is 15.2 Å². The van der Waals surface area contributed by atoms with Gasteiger partial charge in [0.15, 0.2) is 10.8 Å². The Morgan fingerprint density at radius 3 is 2.71 bits per heavy atom. The van der Waals surface area contributed by atoms with Gasteiger partial charge in [-0.2, -0.15) is 0 Å². The Morgan fingerprint density at radius 2 is 2.19 bits per heavy atom. The molecule has 6 N–H and O–H groups in total. The number of phosphoric acid groups is 1. The number of thiazole rings is 1. The number of anilines is 1. The van der Waals surface area contributed by atoms with Crippen LogP contribution in [0.5, 0.6) is 0 Å². The molecule has 0 aliphatic carbocycles. The molecule has 1 aromatic heterocycles. The molecule has 2 amide bonds. The van der Waals surface area contributed by atoms with Gasteiger partial charge in [-0.3, -0.25) is 24.3 Å². The summed E-state index contributed by atoms with van der Waals surface area (Å²) in [5.41, 5.74) is 4.92. The second-order valence-corrected chi connectivity index (χ2v) is 8.99. The van der Waals surface area contributed by atoms with E-state index in [0.29, 0.717) is 0 Å². The van der Waals surface area contributed by atoms with Gasteiger partial charge < -0.3 is 22.2 Å². The van der Waals surface area contributed by atoms with Crippen LogP contribution in [0.2, 0.25) is 0 Å². The van der Waals surface area contributed by atoms with Crippen molar-refractivity contribution in [2.45, 2.75) is 11.4 Å². The van der Waals surface area contributed by atoms with E-state index in [1.165, 1.54) is 23.2 Å². The maximum absolute atomic E-state index is 12.6. The Bertz CT molecular complexity index is 1060. The van der Waals surface area contributed by atoms with Crippen LogP contribution >= 0.6 is 30.9 Å². The van der Waals surface area contributed by atoms with Crippen molar-refractivity contribution in [3.63, 3.8) is 0 Å². The maximum atomic E-state index is 12.6. The number of thioether (sulfide) groups is 1. The Balaban J connectivity index is 0.00000256. The van der Waals surface area contributed by atoms with E-state index in [1.54, 1.807) is 0 Å². The number of carbonyl (C=O) groups excluding carboxylic acids is 3. The molecule has 0 bridgehead atoms. The number of nitrogens with zero attached hydrogens (tertiary/aromatic N) is 3. The fourth-order valence-corrected chi connectivity index (χ4v) is 4.95. The summed E-state index contributed by atoms with van der Waals surface area (Å²) in [5.74, 6) is -2.86. The Kier molecular flexibility index (Phi) is 8.10. The predicted molar refractivity (Wildman–Crippen MR) is 106 cm³/mol. The average molecular weight is 499 g/mol. The molecular weight excluding hydrogens is 484 g/mol. The summed E-state index contributed by atoms with van der Waals surface area (Å²) in [4.78, 5) is 59.8. The third-order valence-corrected chi connectivity index (χ3v) is 6.39. The smallest absolute Gasteiger partial charge is 1.00 e. The van der Waals surface area contributed by atoms with Crippen molar-refractivity contribution >= 4 is 59.5 Å². The number of nitrogens with two attached hydrogens (primary N) is 1. The zero-order valence-corrected chi connectivity index (χ0v) is 20.3. The molecule has 1 aromatic rings. The van der Waals surface area contributed by atoms with Crippen LogP contribution in [-0.4, -0.2) is 65.5 Å². The van der Waals surface area contributed by atoms with E-state index < -0.39 is 42.7 Å². The van der Waals surface area contributed by atoms with Gasteiger partial charge in [0, 0.05) is 11.1 Å². The number of allylic oxidation sites excluding steroid dienone is 1. The van der Waals surface area contributed by atoms with Gasteiger partial charge in [-0.1, -0.05) is 17.8 Å². The molecule has 3 heterocycles. The summed E-state index contributed by atoms with van der Waals surface area (Å²) in [7, 11) is -5.15. The number of rotatable bonds is 6. The van der Waals surface area contributed by atoms with Gasteiger partial charge in [-0.25, -0.2) is 14.3 Å². The summed E-state index contributed by atoms with van der Waals surface area (Å²) in [6, 6.07) is -1.10. The first-order valence-electron chi connectivity index (χ1n) is 7.91. The maximum Gasteiger partial charge on any atom is 1.00 e. The third kappa shape index (κ3) is 5.21. The average Bonchev–Trinajstić information content (AvgIpc) is 3.09. The number of oxime groups is 1. The molecule has 0 aromatic carbocycles. The largest absolute Gasteiger partial charge is 1.00 e. The van der Waals surface area contributed by atoms with E-state index >= 15 is 0 Å². The van der Waals surface area contributed by atoms with E-state index in [9.17, 15) is 18.9 Å². The number of amides is 2. The first kappa shape index (κ1) is 25.5. The quantitative estimate of drug-likeness (QED) is 0.0648.